The van der Waals surface area contributed by atoms with Gasteiger partial charge in [0.05, 0.1) is 6.61 Å². The number of pyridine rings is 1. The van der Waals surface area contributed by atoms with Gasteiger partial charge in [0.2, 0.25) is 5.91 Å². The fraction of sp³-hybridized carbons (Fsp3) is 0.760. The van der Waals surface area contributed by atoms with E-state index in [1.807, 2.05) is 9.80 Å². The van der Waals surface area contributed by atoms with Crippen LogP contribution in [-0.4, -0.2) is 67.3 Å². The summed E-state index contributed by atoms with van der Waals surface area (Å²) in [6.07, 6.45) is 0.571. The maximum Gasteiger partial charge on any atom is 0.433 e. The number of nitrogens with one attached hydrogen (secondary N) is 1. The average Bonchev–Trinajstić information content (AvgIpc) is 3.29. The van der Waals surface area contributed by atoms with Gasteiger partial charge in [0.25, 0.3) is 0 Å². The number of amides is 1. The number of alkyl halides is 3. The Kier molecular flexibility index (Phi) is 9.59. The van der Waals surface area contributed by atoms with Gasteiger partial charge in [-0.2, -0.15) is 13.2 Å². The highest BCUT2D eigenvalue weighted by atomic mass is 19.4. The second-order valence-electron chi connectivity index (χ2n) is 9.72. The monoisotopic (exact) mass is 484 g/mol. The van der Waals surface area contributed by atoms with E-state index < -0.39 is 11.9 Å². The van der Waals surface area contributed by atoms with Gasteiger partial charge in [0, 0.05) is 50.8 Å². The van der Waals surface area contributed by atoms with Crippen LogP contribution in [0.4, 0.5) is 19.0 Å². The van der Waals surface area contributed by atoms with Crippen LogP contribution in [0.15, 0.2) is 18.2 Å². The number of carbonyl (C=O) groups excluding carboxylic acids is 1. The Morgan fingerprint density at radius 2 is 1.85 bits per heavy atom. The summed E-state index contributed by atoms with van der Waals surface area (Å²) in [7, 11) is 0. The van der Waals surface area contributed by atoms with Crippen molar-refractivity contribution in [2.45, 2.75) is 71.1 Å². The predicted molar refractivity (Wildman–Crippen MR) is 127 cm³/mol. The molecule has 0 spiro atoms. The summed E-state index contributed by atoms with van der Waals surface area (Å²) in [5.41, 5.74) is -0.883. The fourth-order valence-electron chi connectivity index (χ4n) is 4.96. The van der Waals surface area contributed by atoms with Crippen LogP contribution in [0.1, 0.15) is 58.6 Å². The van der Waals surface area contributed by atoms with Gasteiger partial charge in [-0.3, -0.25) is 4.79 Å². The first-order chi connectivity index (χ1) is 16.2. The van der Waals surface area contributed by atoms with Crippen molar-refractivity contribution in [2.75, 3.05) is 44.3 Å². The number of ether oxygens (including phenoxy) is 1. The van der Waals surface area contributed by atoms with Crippen LogP contribution in [0.25, 0.3) is 0 Å². The molecule has 9 heteroatoms. The first kappa shape index (κ1) is 26.7. The molecule has 1 saturated carbocycles. The zero-order valence-corrected chi connectivity index (χ0v) is 20.6. The summed E-state index contributed by atoms with van der Waals surface area (Å²) in [4.78, 5) is 20.5. The van der Waals surface area contributed by atoms with Crippen molar-refractivity contribution in [1.29, 1.82) is 0 Å². The minimum atomic E-state index is -4.46. The Morgan fingerprint density at radius 1 is 1.15 bits per heavy atom. The van der Waals surface area contributed by atoms with Crippen LogP contribution in [0, 0.1) is 11.8 Å². The number of halogens is 3. The molecule has 192 valence electrons. The van der Waals surface area contributed by atoms with Gasteiger partial charge in [-0.25, -0.2) is 4.98 Å². The van der Waals surface area contributed by atoms with Gasteiger partial charge in [-0.05, 0) is 43.7 Å². The van der Waals surface area contributed by atoms with Crippen LogP contribution in [-0.2, 0) is 15.7 Å². The molecular formula is C25H39F3N4O2. The van der Waals surface area contributed by atoms with Crippen molar-refractivity contribution in [2.24, 2.45) is 11.8 Å². The smallest absolute Gasteiger partial charge is 0.381 e. The summed E-state index contributed by atoms with van der Waals surface area (Å²) >= 11 is 0. The fourth-order valence-corrected chi connectivity index (χ4v) is 4.96. The molecule has 0 radical (unpaired) electrons. The quantitative estimate of drug-likeness (QED) is 0.689. The van der Waals surface area contributed by atoms with Gasteiger partial charge in [-0.1, -0.05) is 33.3 Å². The van der Waals surface area contributed by atoms with E-state index in [4.69, 9.17) is 4.74 Å². The van der Waals surface area contributed by atoms with E-state index in [1.165, 1.54) is 12.5 Å². The zero-order valence-electron chi connectivity index (χ0n) is 20.6. The van der Waals surface area contributed by atoms with Crippen molar-refractivity contribution in [3.63, 3.8) is 0 Å². The topological polar surface area (TPSA) is 57.7 Å². The highest BCUT2D eigenvalue weighted by molar-refractivity contribution is 5.79. The Hall–Kier alpha value is -1.87. The molecule has 1 aromatic heterocycles. The first-order valence-corrected chi connectivity index (χ1v) is 12.6. The molecule has 6 nitrogen and oxygen atoms in total. The van der Waals surface area contributed by atoms with E-state index in [9.17, 15) is 18.0 Å². The van der Waals surface area contributed by atoms with E-state index in [0.717, 1.165) is 45.0 Å². The largest absolute Gasteiger partial charge is 0.433 e. The van der Waals surface area contributed by atoms with Crippen LogP contribution in [0.2, 0.25) is 0 Å². The Balaban J connectivity index is 0.00000103. The van der Waals surface area contributed by atoms with Gasteiger partial charge in [0.1, 0.15) is 11.5 Å². The normalized spacial score (nSPS) is 27.8. The molecule has 0 aromatic carbocycles. The molecule has 2 saturated heterocycles. The SMILES string of the molecule is CC1COCCC1NC1CCC(C(=O)N2CCN(c3cccc(C(F)(F)F)n3)CC2)C1.CCC. The third-order valence-corrected chi connectivity index (χ3v) is 6.81. The summed E-state index contributed by atoms with van der Waals surface area (Å²) in [6.45, 7) is 10.1. The molecule has 1 aromatic rings. The molecule has 4 atom stereocenters. The van der Waals surface area contributed by atoms with Crippen molar-refractivity contribution >= 4 is 11.7 Å². The van der Waals surface area contributed by atoms with Gasteiger partial charge in [-0.15, -0.1) is 0 Å². The maximum atomic E-state index is 13.0. The third kappa shape index (κ3) is 7.07. The van der Waals surface area contributed by atoms with Gasteiger partial charge < -0.3 is 19.9 Å². The number of hydrogen-bond donors (Lipinski definition) is 1. The average molecular weight is 485 g/mol. The molecule has 1 aliphatic carbocycles. The van der Waals surface area contributed by atoms with Crippen molar-refractivity contribution < 1.29 is 22.7 Å². The van der Waals surface area contributed by atoms with Crippen LogP contribution >= 0.6 is 0 Å². The zero-order chi connectivity index (χ0) is 24.7. The molecule has 34 heavy (non-hydrogen) atoms. The lowest BCUT2D eigenvalue weighted by molar-refractivity contribution is -0.141. The standard InChI is InChI=1S/C22H31F3N4O2.C3H8/c1-15-14-31-12-7-18(15)26-17-6-5-16(13-17)21(30)29-10-8-28(9-11-29)20-4-2-3-19(27-20)22(23,24)25;1-3-2/h2-4,15-18,26H,5-14H2,1H3;3H2,1-2H3. The second-order valence-corrected chi connectivity index (χ2v) is 9.72. The van der Waals surface area contributed by atoms with Crippen molar-refractivity contribution in [3.8, 4) is 0 Å². The van der Waals surface area contributed by atoms with Crippen LogP contribution in [0.5, 0.6) is 0 Å². The number of nitrogens with zero attached hydrogens (tertiary/aromatic N) is 3. The summed E-state index contributed by atoms with van der Waals surface area (Å²) < 4.78 is 44.3. The number of carbonyl (C=O) groups is 1. The molecule has 4 unspecified atom stereocenters. The second kappa shape index (κ2) is 12.2. The van der Waals surface area contributed by atoms with Crippen molar-refractivity contribution in [3.05, 3.63) is 23.9 Å². The predicted octanol–water partition coefficient (Wildman–Crippen LogP) is 4.35. The van der Waals surface area contributed by atoms with E-state index in [-0.39, 0.29) is 11.8 Å². The summed E-state index contributed by atoms with van der Waals surface area (Å²) in [6, 6.07) is 4.78. The molecule has 1 N–H and O–H groups in total. The minimum absolute atomic E-state index is 0.0332. The molecule has 0 bridgehead atoms. The number of hydrogen-bond acceptors (Lipinski definition) is 5. The van der Waals surface area contributed by atoms with Gasteiger partial charge >= 0.3 is 6.18 Å². The highest BCUT2D eigenvalue weighted by Crippen LogP contribution is 2.31. The van der Waals surface area contributed by atoms with Gasteiger partial charge in [0.15, 0.2) is 0 Å². The van der Waals surface area contributed by atoms with E-state index in [1.54, 1.807) is 6.07 Å². The molecule has 1 amide bonds. The van der Waals surface area contributed by atoms with Crippen LogP contribution in [0.3, 0.4) is 0 Å². The van der Waals surface area contributed by atoms with E-state index >= 15 is 0 Å². The summed E-state index contributed by atoms with van der Waals surface area (Å²) in [5, 5.41) is 3.74. The van der Waals surface area contributed by atoms with Crippen LogP contribution < -0.4 is 10.2 Å². The van der Waals surface area contributed by atoms with E-state index in [0.29, 0.717) is 50.0 Å². The lowest BCUT2D eigenvalue weighted by Gasteiger charge is -2.37. The van der Waals surface area contributed by atoms with E-state index in [2.05, 4.69) is 31.1 Å². The third-order valence-electron chi connectivity index (χ3n) is 6.81. The Bertz CT molecular complexity index is 784. The molecular weight excluding hydrogens is 445 g/mol. The summed E-state index contributed by atoms with van der Waals surface area (Å²) in [5.74, 6) is 1.02. The Labute approximate surface area is 201 Å². The molecule has 2 aliphatic heterocycles. The lowest BCUT2D eigenvalue weighted by Crippen LogP contribution is -2.50. The molecule has 3 aliphatic rings. The number of rotatable bonds is 4. The number of anilines is 1. The molecule has 3 fully saturated rings. The highest BCUT2D eigenvalue weighted by Gasteiger charge is 2.36. The molecule has 3 heterocycles. The number of aromatic nitrogens is 1. The molecule has 4 rings (SSSR count). The minimum Gasteiger partial charge on any atom is -0.381 e. The lowest BCUT2D eigenvalue weighted by atomic mass is 9.96. The number of piperazine rings is 1. The first-order valence-electron chi connectivity index (χ1n) is 12.6. The Morgan fingerprint density at radius 3 is 2.50 bits per heavy atom. The maximum absolute atomic E-state index is 13.0. The van der Waals surface area contributed by atoms with Crippen molar-refractivity contribution in [1.82, 2.24) is 15.2 Å².